The molecular weight excluding hydrogens is 375 g/mol. The summed E-state index contributed by atoms with van der Waals surface area (Å²) in [5.74, 6) is 0.151. The lowest BCUT2D eigenvalue weighted by molar-refractivity contribution is -0.0498. The fraction of sp³-hybridized carbons (Fsp3) is 0.150. The van der Waals surface area contributed by atoms with Crippen molar-refractivity contribution in [1.82, 2.24) is 5.32 Å². The van der Waals surface area contributed by atoms with Crippen molar-refractivity contribution in [1.29, 1.82) is 0 Å². The lowest BCUT2D eigenvalue weighted by atomic mass is 10.2. The zero-order chi connectivity index (χ0) is 19.9. The Morgan fingerprint density at radius 3 is 2.57 bits per heavy atom. The molecule has 0 spiro atoms. The maximum atomic E-state index is 12.9. The van der Waals surface area contributed by atoms with Gasteiger partial charge < -0.3 is 19.2 Å². The van der Waals surface area contributed by atoms with Crippen LogP contribution in [-0.4, -0.2) is 12.5 Å². The first-order valence-corrected chi connectivity index (χ1v) is 8.28. The van der Waals surface area contributed by atoms with Crippen LogP contribution in [0.4, 0.5) is 13.2 Å². The van der Waals surface area contributed by atoms with E-state index in [4.69, 9.17) is 9.15 Å². The van der Waals surface area contributed by atoms with Crippen LogP contribution in [-0.2, 0) is 13.2 Å². The smallest absolute Gasteiger partial charge is 0.387 e. The highest BCUT2D eigenvalue weighted by molar-refractivity contribution is 5.91. The van der Waals surface area contributed by atoms with Gasteiger partial charge in [-0.25, -0.2) is 4.39 Å². The second kappa shape index (κ2) is 8.98. The zero-order valence-corrected chi connectivity index (χ0v) is 14.5. The van der Waals surface area contributed by atoms with E-state index >= 15 is 0 Å². The number of benzene rings is 2. The summed E-state index contributed by atoms with van der Waals surface area (Å²) in [6.45, 7) is -2.73. The number of carbonyl (C=O) groups is 1. The standard InChI is InChI=1S/C20H16F3NO4/c21-14-4-6-15(7-5-14)26-12-17-8-9-18(27-17)19(25)24-11-13-2-1-3-16(10-13)28-20(22)23/h1-10,20H,11-12H2,(H,24,25). The molecule has 0 atom stereocenters. The average molecular weight is 391 g/mol. The molecule has 0 aliphatic rings. The minimum absolute atomic E-state index is 0.0139. The van der Waals surface area contributed by atoms with Crippen LogP contribution < -0.4 is 14.8 Å². The summed E-state index contributed by atoms with van der Waals surface area (Å²) in [6.07, 6.45) is 0. The second-order valence-electron chi connectivity index (χ2n) is 5.72. The molecule has 2 aromatic carbocycles. The number of amides is 1. The van der Waals surface area contributed by atoms with Crippen LogP contribution in [0.2, 0.25) is 0 Å². The Labute approximate surface area is 158 Å². The van der Waals surface area contributed by atoms with Gasteiger partial charge in [0.1, 0.15) is 29.7 Å². The molecule has 0 aliphatic carbocycles. The van der Waals surface area contributed by atoms with E-state index in [1.165, 1.54) is 42.5 Å². The number of furan rings is 1. The molecule has 1 heterocycles. The molecule has 0 radical (unpaired) electrons. The molecule has 0 unspecified atom stereocenters. The summed E-state index contributed by atoms with van der Waals surface area (Å²) in [5.41, 5.74) is 0.595. The molecule has 1 amide bonds. The summed E-state index contributed by atoms with van der Waals surface area (Å²) < 4.78 is 52.5. The van der Waals surface area contributed by atoms with Gasteiger partial charge in [-0.2, -0.15) is 8.78 Å². The Morgan fingerprint density at radius 1 is 1.04 bits per heavy atom. The molecule has 0 saturated heterocycles. The highest BCUT2D eigenvalue weighted by Crippen LogP contribution is 2.17. The Hall–Kier alpha value is -3.42. The van der Waals surface area contributed by atoms with Gasteiger partial charge in [0.15, 0.2) is 5.76 Å². The fourth-order valence-electron chi connectivity index (χ4n) is 2.36. The number of hydrogen-bond donors (Lipinski definition) is 1. The lowest BCUT2D eigenvalue weighted by Crippen LogP contribution is -2.22. The topological polar surface area (TPSA) is 60.7 Å². The van der Waals surface area contributed by atoms with Crippen LogP contribution in [0.15, 0.2) is 65.1 Å². The number of hydrogen-bond acceptors (Lipinski definition) is 4. The van der Waals surface area contributed by atoms with E-state index in [9.17, 15) is 18.0 Å². The van der Waals surface area contributed by atoms with Crippen molar-refractivity contribution < 1.29 is 31.9 Å². The van der Waals surface area contributed by atoms with Crippen molar-refractivity contribution in [2.24, 2.45) is 0 Å². The van der Waals surface area contributed by atoms with Crippen molar-refractivity contribution >= 4 is 5.91 Å². The van der Waals surface area contributed by atoms with Gasteiger partial charge in [-0.1, -0.05) is 12.1 Å². The van der Waals surface area contributed by atoms with E-state index < -0.39 is 12.5 Å². The summed E-state index contributed by atoms with van der Waals surface area (Å²) >= 11 is 0. The van der Waals surface area contributed by atoms with E-state index in [0.29, 0.717) is 17.1 Å². The molecule has 0 saturated carbocycles. The van der Waals surface area contributed by atoms with Gasteiger partial charge in [-0.3, -0.25) is 4.79 Å². The first-order chi connectivity index (χ1) is 13.5. The van der Waals surface area contributed by atoms with Crippen molar-refractivity contribution in [3.63, 3.8) is 0 Å². The number of ether oxygens (including phenoxy) is 2. The third-order valence-corrected chi connectivity index (χ3v) is 3.66. The average Bonchev–Trinajstić information content (AvgIpc) is 3.15. The van der Waals surface area contributed by atoms with Gasteiger partial charge in [-0.15, -0.1) is 0 Å². The summed E-state index contributed by atoms with van der Waals surface area (Å²) in [5, 5.41) is 2.63. The summed E-state index contributed by atoms with van der Waals surface area (Å²) in [4.78, 5) is 12.2. The number of nitrogens with one attached hydrogen (secondary N) is 1. The van der Waals surface area contributed by atoms with E-state index in [1.807, 2.05) is 0 Å². The predicted molar refractivity (Wildman–Crippen MR) is 93.7 cm³/mol. The van der Waals surface area contributed by atoms with Crippen LogP contribution in [0.3, 0.4) is 0 Å². The Bertz CT molecular complexity index is 925. The largest absolute Gasteiger partial charge is 0.486 e. The normalized spacial score (nSPS) is 10.7. The van der Waals surface area contributed by atoms with Crippen molar-refractivity contribution in [3.05, 3.63) is 83.6 Å². The van der Waals surface area contributed by atoms with Gasteiger partial charge in [-0.05, 0) is 54.1 Å². The molecule has 5 nitrogen and oxygen atoms in total. The number of alkyl halides is 2. The van der Waals surface area contributed by atoms with E-state index in [1.54, 1.807) is 18.2 Å². The van der Waals surface area contributed by atoms with Gasteiger partial charge in [0.2, 0.25) is 0 Å². The van der Waals surface area contributed by atoms with E-state index in [0.717, 1.165) is 0 Å². The Morgan fingerprint density at radius 2 is 1.82 bits per heavy atom. The second-order valence-corrected chi connectivity index (χ2v) is 5.72. The molecule has 0 aliphatic heterocycles. The lowest BCUT2D eigenvalue weighted by Gasteiger charge is -2.07. The van der Waals surface area contributed by atoms with Crippen LogP contribution in [0.25, 0.3) is 0 Å². The molecule has 146 valence electrons. The highest BCUT2D eigenvalue weighted by Gasteiger charge is 2.12. The zero-order valence-electron chi connectivity index (χ0n) is 14.5. The van der Waals surface area contributed by atoms with Crippen LogP contribution in [0, 0.1) is 5.82 Å². The third-order valence-electron chi connectivity index (χ3n) is 3.66. The van der Waals surface area contributed by atoms with Crippen LogP contribution in [0.1, 0.15) is 21.9 Å². The summed E-state index contributed by atoms with van der Waals surface area (Å²) in [6, 6.07) is 14.6. The first-order valence-electron chi connectivity index (χ1n) is 8.28. The molecule has 28 heavy (non-hydrogen) atoms. The van der Waals surface area contributed by atoms with Crippen molar-refractivity contribution in [3.8, 4) is 11.5 Å². The first kappa shape index (κ1) is 19.3. The van der Waals surface area contributed by atoms with Crippen LogP contribution in [0.5, 0.6) is 11.5 Å². The number of carbonyl (C=O) groups excluding carboxylic acids is 1. The molecule has 3 aromatic rings. The summed E-state index contributed by atoms with van der Waals surface area (Å²) in [7, 11) is 0. The van der Waals surface area contributed by atoms with E-state index in [-0.39, 0.29) is 30.5 Å². The van der Waals surface area contributed by atoms with Crippen molar-refractivity contribution in [2.75, 3.05) is 0 Å². The fourth-order valence-corrected chi connectivity index (χ4v) is 2.36. The van der Waals surface area contributed by atoms with Gasteiger partial charge >= 0.3 is 6.61 Å². The van der Waals surface area contributed by atoms with Gasteiger partial charge in [0.25, 0.3) is 5.91 Å². The Balaban J connectivity index is 1.52. The molecular formula is C20H16F3NO4. The predicted octanol–water partition coefficient (Wildman–Crippen LogP) is 4.53. The molecule has 0 bridgehead atoms. The van der Waals surface area contributed by atoms with Gasteiger partial charge in [0, 0.05) is 6.54 Å². The maximum Gasteiger partial charge on any atom is 0.387 e. The van der Waals surface area contributed by atoms with E-state index in [2.05, 4.69) is 10.1 Å². The molecule has 3 rings (SSSR count). The molecule has 1 aromatic heterocycles. The minimum Gasteiger partial charge on any atom is -0.486 e. The SMILES string of the molecule is O=C(NCc1cccc(OC(F)F)c1)c1ccc(COc2ccc(F)cc2)o1. The quantitative estimate of drug-likeness (QED) is 0.613. The van der Waals surface area contributed by atoms with Crippen LogP contribution >= 0.6 is 0 Å². The third kappa shape index (κ3) is 5.54. The van der Waals surface area contributed by atoms with Crippen molar-refractivity contribution in [2.45, 2.75) is 19.8 Å². The molecule has 0 fully saturated rings. The Kier molecular flexibility index (Phi) is 6.21. The molecule has 8 heteroatoms. The number of halogens is 3. The highest BCUT2D eigenvalue weighted by atomic mass is 19.3. The minimum atomic E-state index is -2.91. The monoisotopic (exact) mass is 391 g/mol. The molecule has 1 N–H and O–H groups in total. The maximum absolute atomic E-state index is 12.9. The van der Waals surface area contributed by atoms with Gasteiger partial charge in [0.05, 0.1) is 0 Å². The number of rotatable bonds is 8.